The number of methoxy groups -OCH3 is 1. The molecule has 4 nitrogen and oxygen atoms in total. The first kappa shape index (κ1) is 13.0. The normalized spacial score (nSPS) is 10.7. The Morgan fingerprint density at radius 1 is 1.44 bits per heavy atom. The standard InChI is InChI=1S/C13H16N2O2S/c1-17-9-12(16)14-8-4-7-13-15-10-5-2-3-6-11(10)18-13/h2-3,5-6H,4,7-9H2,1H3,(H,14,16). The van der Waals surface area contributed by atoms with Crippen molar-refractivity contribution in [3.63, 3.8) is 0 Å². The fourth-order valence-electron chi connectivity index (χ4n) is 1.68. The van der Waals surface area contributed by atoms with Gasteiger partial charge in [0.25, 0.3) is 0 Å². The molecule has 0 bridgehead atoms. The van der Waals surface area contributed by atoms with Gasteiger partial charge in [-0.3, -0.25) is 4.79 Å². The summed E-state index contributed by atoms with van der Waals surface area (Å²) in [5, 5.41) is 3.92. The van der Waals surface area contributed by atoms with Crippen molar-refractivity contribution in [1.82, 2.24) is 10.3 Å². The highest BCUT2D eigenvalue weighted by Gasteiger charge is 2.03. The van der Waals surface area contributed by atoms with Crippen molar-refractivity contribution < 1.29 is 9.53 Å². The van der Waals surface area contributed by atoms with Gasteiger partial charge in [-0.1, -0.05) is 12.1 Å². The highest BCUT2D eigenvalue weighted by atomic mass is 32.1. The second kappa shape index (κ2) is 6.47. The summed E-state index contributed by atoms with van der Waals surface area (Å²) in [6, 6.07) is 8.12. The molecule has 0 aliphatic heterocycles. The molecule has 0 fully saturated rings. The molecule has 96 valence electrons. The van der Waals surface area contributed by atoms with Gasteiger partial charge in [-0.05, 0) is 18.6 Å². The van der Waals surface area contributed by atoms with Crippen LogP contribution < -0.4 is 5.32 Å². The Labute approximate surface area is 110 Å². The van der Waals surface area contributed by atoms with Crippen molar-refractivity contribution in [3.8, 4) is 0 Å². The average Bonchev–Trinajstić information content (AvgIpc) is 2.77. The number of carbonyl (C=O) groups is 1. The van der Waals surface area contributed by atoms with Gasteiger partial charge >= 0.3 is 0 Å². The van der Waals surface area contributed by atoms with Crippen LogP contribution in [0.15, 0.2) is 24.3 Å². The van der Waals surface area contributed by atoms with Crippen LogP contribution in [0.3, 0.4) is 0 Å². The molecule has 0 saturated carbocycles. The molecule has 1 aromatic carbocycles. The van der Waals surface area contributed by atoms with Crippen LogP contribution in [0.25, 0.3) is 10.2 Å². The van der Waals surface area contributed by atoms with E-state index in [1.54, 1.807) is 11.3 Å². The van der Waals surface area contributed by atoms with E-state index in [0.29, 0.717) is 6.54 Å². The van der Waals surface area contributed by atoms with Gasteiger partial charge in [-0.25, -0.2) is 4.98 Å². The van der Waals surface area contributed by atoms with Crippen LogP contribution in [-0.2, 0) is 16.0 Å². The van der Waals surface area contributed by atoms with Crippen molar-refractivity contribution in [2.24, 2.45) is 0 Å². The molecule has 1 amide bonds. The summed E-state index contributed by atoms with van der Waals surface area (Å²) >= 11 is 1.72. The molecular formula is C13H16N2O2S. The monoisotopic (exact) mass is 264 g/mol. The third-order valence-corrected chi connectivity index (χ3v) is 3.60. The molecule has 0 saturated heterocycles. The lowest BCUT2D eigenvalue weighted by Crippen LogP contribution is -2.28. The van der Waals surface area contributed by atoms with Crippen molar-refractivity contribution >= 4 is 27.5 Å². The minimum Gasteiger partial charge on any atom is -0.375 e. The van der Waals surface area contributed by atoms with E-state index in [-0.39, 0.29) is 12.5 Å². The number of amides is 1. The lowest BCUT2D eigenvalue weighted by molar-refractivity contribution is -0.124. The van der Waals surface area contributed by atoms with Gasteiger partial charge in [0.2, 0.25) is 5.91 Å². The molecule has 2 aromatic rings. The summed E-state index contributed by atoms with van der Waals surface area (Å²) in [5.74, 6) is -0.0678. The molecule has 0 radical (unpaired) electrons. The van der Waals surface area contributed by atoms with Crippen molar-refractivity contribution in [2.45, 2.75) is 12.8 Å². The number of fused-ring (bicyclic) bond motifs is 1. The molecule has 18 heavy (non-hydrogen) atoms. The number of nitrogens with one attached hydrogen (secondary N) is 1. The zero-order chi connectivity index (χ0) is 12.8. The van der Waals surface area contributed by atoms with Crippen LogP contribution >= 0.6 is 11.3 Å². The lowest BCUT2D eigenvalue weighted by atomic mass is 10.3. The maximum atomic E-state index is 11.1. The Balaban J connectivity index is 1.78. The number of hydrogen-bond donors (Lipinski definition) is 1. The SMILES string of the molecule is COCC(=O)NCCCc1nc2ccccc2s1. The number of hydrogen-bond acceptors (Lipinski definition) is 4. The van der Waals surface area contributed by atoms with Crippen LogP contribution in [0, 0.1) is 0 Å². The fourth-order valence-corrected chi connectivity index (χ4v) is 2.69. The highest BCUT2D eigenvalue weighted by Crippen LogP contribution is 2.22. The molecule has 2 rings (SSSR count). The van der Waals surface area contributed by atoms with Gasteiger partial charge < -0.3 is 10.1 Å². The maximum absolute atomic E-state index is 11.1. The summed E-state index contributed by atoms with van der Waals surface area (Å²) in [6.45, 7) is 0.791. The summed E-state index contributed by atoms with van der Waals surface area (Å²) in [7, 11) is 1.51. The molecule has 0 unspecified atom stereocenters. The zero-order valence-corrected chi connectivity index (χ0v) is 11.1. The number of rotatable bonds is 6. The topological polar surface area (TPSA) is 51.2 Å². The summed E-state index contributed by atoms with van der Waals surface area (Å²) in [5.41, 5.74) is 1.06. The number of aromatic nitrogens is 1. The number of benzene rings is 1. The van der Waals surface area contributed by atoms with Gasteiger partial charge in [0.1, 0.15) is 6.61 Å². The molecule has 5 heteroatoms. The Morgan fingerprint density at radius 2 is 2.28 bits per heavy atom. The van der Waals surface area contributed by atoms with Gasteiger partial charge in [-0.2, -0.15) is 0 Å². The first-order valence-electron chi connectivity index (χ1n) is 5.89. The Morgan fingerprint density at radius 3 is 3.06 bits per heavy atom. The van der Waals surface area contributed by atoms with E-state index in [9.17, 15) is 4.79 Å². The minimum absolute atomic E-state index is 0.0678. The molecule has 0 atom stereocenters. The number of nitrogens with zero attached hydrogens (tertiary/aromatic N) is 1. The number of carbonyl (C=O) groups excluding carboxylic acids is 1. The predicted molar refractivity (Wildman–Crippen MR) is 72.8 cm³/mol. The van der Waals surface area contributed by atoms with E-state index in [2.05, 4.69) is 16.4 Å². The smallest absolute Gasteiger partial charge is 0.245 e. The van der Waals surface area contributed by atoms with E-state index in [0.717, 1.165) is 23.4 Å². The molecule has 1 aromatic heterocycles. The van der Waals surface area contributed by atoms with Crippen LogP contribution in [0.4, 0.5) is 0 Å². The summed E-state index contributed by atoms with van der Waals surface area (Å²) < 4.78 is 5.95. The Hall–Kier alpha value is -1.46. The number of para-hydroxylation sites is 1. The first-order valence-corrected chi connectivity index (χ1v) is 6.71. The first-order chi connectivity index (χ1) is 8.79. The third-order valence-electron chi connectivity index (χ3n) is 2.50. The number of thiazole rings is 1. The third kappa shape index (κ3) is 3.51. The highest BCUT2D eigenvalue weighted by molar-refractivity contribution is 7.18. The van der Waals surface area contributed by atoms with Crippen LogP contribution in [0.1, 0.15) is 11.4 Å². The van der Waals surface area contributed by atoms with Crippen molar-refractivity contribution in [2.75, 3.05) is 20.3 Å². The lowest BCUT2D eigenvalue weighted by Gasteiger charge is -2.02. The van der Waals surface area contributed by atoms with Gasteiger partial charge in [-0.15, -0.1) is 11.3 Å². The molecule has 1 heterocycles. The van der Waals surface area contributed by atoms with E-state index < -0.39 is 0 Å². The zero-order valence-electron chi connectivity index (χ0n) is 10.3. The molecule has 0 aliphatic rings. The van der Waals surface area contributed by atoms with E-state index >= 15 is 0 Å². The summed E-state index contributed by atoms with van der Waals surface area (Å²) in [6.07, 6.45) is 1.79. The van der Waals surface area contributed by atoms with E-state index in [1.807, 2.05) is 18.2 Å². The van der Waals surface area contributed by atoms with Crippen LogP contribution in [0.2, 0.25) is 0 Å². The maximum Gasteiger partial charge on any atom is 0.245 e. The van der Waals surface area contributed by atoms with Gasteiger partial charge in [0.05, 0.1) is 15.2 Å². The second-order valence-electron chi connectivity index (χ2n) is 3.96. The van der Waals surface area contributed by atoms with Gasteiger partial charge in [0.15, 0.2) is 0 Å². The Kier molecular flexibility index (Phi) is 4.66. The van der Waals surface area contributed by atoms with Crippen LogP contribution in [-0.4, -0.2) is 31.2 Å². The second-order valence-corrected chi connectivity index (χ2v) is 5.08. The Bertz CT molecular complexity index is 491. The number of ether oxygens (including phenoxy) is 1. The van der Waals surface area contributed by atoms with Gasteiger partial charge in [0, 0.05) is 20.1 Å². The summed E-state index contributed by atoms with van der Waals surface area (Å²) in [4.78, 5) is 15.7. The van der Waals surface area contributed by atoms with Crippen LogP contribution in [0.5, 0.6) is 0 Å². The molecule has 1 N–H and O–H groups in total. The average molecular weight is 264 g/mol. The number of aryl methyl sites for hydroxylation is 1. The van der Waals surface area contributed by atoms with Crippen molar-refractivity contribution in [1.29, 1.82) is 0 Å². The minimum atomic E-state index is -0.0678. The largest absolute Gasteiger partial charge is 0.375 e. The predicted octanol–water partition coefficient (Wildman–Crippen LogP) is 1.99. The molecular weight excluding hydrogens is 248 g/mol. The van der Waals surface area contributed by atoms with Crippen molar-refractivity contribution in [3.05, 3.63) is 29.3 Å². The van der Waals surface area contributed by atoms with E-state index in [1.165, 1.54) is 11.8 Å². The van der Waals surface area contributed by atoms with E-state index in [4.69, 9.17) is 4.74 Å². The quantitative estimate of drug-likeness (QED) is 0.812. The molecule has 0 aliphatic carbocycles. The fraction of sp³-hybridized carbons (Fsp3) is 0.385. The molecule has 0 spiro atoms.